The number of anilines is 1. The van der Waals surface area contributed by atoms with E-state index in [1.807, 2.05) is 31.3 Å². The summed E-state index contributed by atoms with van der Waals surface area (Å²) in [5.74, 6) is -0.216. The van der Waals surface area contributed by atoms with Crippen molar-refractivity contribution in [1.82, 2.24) is 20.3 Å². The molecule has 0 aliphatic rings. The maximum Gasteiger partial charge on any atom is 0.270 e. The summed E-state index contributed by atoms with van der Waals surface area (Å²) >= 11 is 0. The molecule has 6 heteroatoms. The summed E-state index contributed by atoms with van der Waals surface area (Å²) in [4.78, 5) is 23.5. The number of amides is 1. The summed E-state index contributed by atoms with van der Waals surface area (Å²) in [6.45, 7) is 0.391. The summed E-state index contributed by atoms with van der Waals surface area (Å²) in [5.41, 5.74) is 2.90. The Morgan fingerprint density at radius 3 is 2.95 bits per heavy atom. The molecule has 0 saturated carbocycles. The second-order valence-corrected chi connectivity index (χ2v) is 4.58. The number of aromatic nitrogens is 3. The first kappa shape index (κ1) is 13.1. The monoisotopic (exact) mass is 281 g/mol. The number of carbonyl (C=O) groups is 1. The highest BCUT2D eigenvalue weighted by molar-refractivity contribution is 5.99. The van der Waals surface area contributed by atoms with Gasteiger partial charge in [0.25, 0.3) is 5.91 Å². The molecule has 2 heterocycles. The predicted molar refractivity (Wildman–Crippen MR) is 81.0 cm³/mol. The summed E-state index contributed by atoms with van der Waals surface area (Å²) in [6, 6.07) is 9.47. The second-order valence-electron chi connectivity index (χ2n) is 4.58. The van der Waals surface area contributed by atoms with Gasteiger partial charge in [0.15, 0.2) is 0 Å². The Labute approximate surface area is 121 Å². The molecule has 0 spiro atoms. The standard InChI is InChI=1S/C15H15N5O/c1-16-13-6-14(20-12-5-3-2-4-11(12)13)15(21)18-8-10-7-17-9-19-10/h2-7,9H,8H2,1H3,(H,16,20)(H,17,19)(H,18,21). The number of aromatic amines is 1. The molecule has 0 aliphatic carbocycles. The van der Waals surface area contributed by atoms with E-state index in [4.69, 9.17) is 0 Å². The van der Waals surface area contributed by atoms with Crippen molar-refractivity contribution in [3.63, 3.8) is 0 Å². The number of pyridine rings is 1. The first-order chi connectivity index (χ1) is 10.3. The quantitative estimate of drug-likeness (QED) is 0.682. The van der Waals surface area contributed by atoms with Crippen LogP contribution < -0.4 is 10.6 Å². The SMILES string of the molecule is CNc1cc(C(=O)NCc2cnc[nH]2)nc2ccccc12. The molecule has 0 bridgehead atoms. The van der Waals surface area contributed by atoms with Crippen molar-refractivity contribution >= 4 is 22.5 Å². The fourth-order valence-corrected chi connectivity index (χ4v) is 2.15. The highest BCUT2D eigenvalue weighted by atomic mass is 16.1. The topological polar surface area (TPSA) is 82.7 Å². The lowest BCUT2D eigenvalue weighted by Crippen LogP contribution is -2.24. The van der Waals surface area contributed by atoms with Gasteiger partial charge in [-0.05, 0) is 12.1 Å². The van der Waals surface area contributed by atoms with Gasteiger partial charge in [-0.2, -0.15) is 0 Å². The van der Waals surface area contributed by atoms with E-state index in [0.29, 0.717) is 12.2 Å². The van der Waals surface area contributed by atoms with Crippen LogP contribution >= 0.6 is 0 Å². The van der Waals surface area contributed by atoms with E-state index in [9.17, 15) is 4.79 Å². The molecule has 1 aromatic carbocycles. The van der Waals surface area contributed by atoms with Crippen LogP contribution in [0.25, 0.3) is 10.9 Å². The zero-order valence-corrected chi connectivity index (χ0v) is 11.6. The van der Waals surface area contributed by atoms with Gasteiger partial charge in [-0.1, -0.05) is 18.2 Å². The highest BCUT2D eigenvalue weighted by Gasteiger charge is 2.11. The molecule has 3 rings (SSSR count). The van der Waals surface area contributed by atoms with Gasteiger partial charge in [0, 0.05) is 24.3 Å². The minimum absolute atomic E-state index is 0.216. The number of hydrogen-bond acceptors (Lipinski definition) is 4. The third kappa shape index (κ3) is 2.69. The van der Waals surface area contributed by atoms with Crippen LogP contribution in [0.4, 0.5) is 5.69 Å². The molecule has 0 unspecified atom stereocenters. The number of nitrogens with zero attached hydrogens (tertiary/aromatic N) is 2. The molecular weight excluding hydrogens is 266 g/mol. The highest BCUT2D eigenvalue weighted by Crippen LogP contribution is 2.22. The Hall–Kier alpha value is -2.89. The second kappa shape index (κ2) is 5.62. The molecule has 3 aromatic rings. The number of imidazole rings is 1. The molecule has 0 saturated heterocycles. The van der Waals surface area contributed by atoms with Gasteiger partial charge in [-0.15, -0.1) is 0 Å². The minimum Gasteiger partial charge on any atom is -0.388 e. The van der Waals surface area contributed by atoms with E-state index < -0.39 is 0 Å². The summed E-state index contributed by atoms with van der Waals surface area (Å²) in [6.07, 6.45) is 3.25. The van der Waals surface area contributed by atoms with Gasteiger partial charge in [-0.25, -0.2) is 9.97 Å². The van der Waals surface area contributed by atoms with Crippen LogP contribution in [0.15, 0.2) is 42.9 Å². The maximum atomic E-state index is 12.2. The largest absolute Gasteiger partial charge is 0.388 e. The van der Waals surface area contributed by atoms with Crippen LogP contribution in [0.2, 0.25) is 0 Å². The van der Waals surface area contributed by atoms with Crippen LogP contribution in [0.1, 0.15) is 16.2 Å². The molecule has 0 aliphatic heterocycles. The number of hydrogen-bond donors (Lipinski definition) is 3. The fourth-order valence-electron chi connectivity index (χ4n) is 2.15. The smallest absolute Gasteiger partial charge is 0.270 e. The number of rotatable bonds is 4. The molecule has 2 aromatic heterocycles. The van der Waals surface area contributed by atoms with Gasteiger partial charge in [0.05, 0.1) is 24.1 Å². The van der Waals surface area contributed by atoms with Crippen molar-refractivity contribution in [3.05, 3.63) is 54.2 Å². The number of benzene rings is 1. The minimum atomic E-state index is -0.216. The summed E-state index contributed by atoms with van der Waals surface area (Å²) in [5, 5.41) is 6.91. The van der Waals surface area contributed by atoms with Crippen molar-refractivity contribution in [2.75, 3.05) is 12.4 Å². The fraction of sp³-hybridized carbons (Fsp3) is 0.133. The lowest BCUT2D eigenvalue weighted by molar-refractivity contribution is 0.0946. The molecule has 0 fully saturated rings. The Bertz CT molecular complexity index is 767. The average molecular weight is 281 g/mol. The number of H-pyrrole nitrogens is 1. The average Bonchev–Trinajstić information content (AvgIpc) is 3.04. The van der Waals surface area contributed by atoms with Gasteiger partial charge in [0.1, 0.15) is 5.69 Å². The van der Waals surface area contributed by atoms with Crippen LogP contribution in [-0.2, 0) is 6.54 Å². The number of carbonyl (C=O) groups excluding carboxylic acids is 1. The Morgan fingerprint density at radius 1 is 1.33 bits per heavy atom. The van der Waals surface area contributed by atoms with E-state index in [2.05, 4.69) is 25.6 Å². The van der Waals surface area contributed by atoms with Crippen LogP contribution in [0.3, 0.4) is 0 Å². The van der Waals surface area contributed by atoms with Crippen LogP contribution in [0.5, 0.6) is 0 Å². The van der Waals surface area contributed by atoms with E-state index in [0.717, 1.165) is 22.3 Å². The Balaban J connectivity index is 1.87. The molecule has 3 N–H and O–H groups in total. The van der Waals surface area contributed by atoms with Crippen LogP contribution in [0, 0.1) is 0 Å². The van der Waals surface area contributed by atoms with Crippen LogP contribution in [-0.4, -0.2) is 27.9 Å². The first-order valence-corrected chi connectivity index (χ1v) is 6.61. The lowest BCUT2D eigenvalue weighted by atomic mass is 10.1. The zero-order valence-electron chi connectivity index (χ0n) is 11.6. The van der Waals surface area contributed by atoms with E-state index in [1.54, 1.807) is 18.6 Å². The summed E-state index contributed by atoms with van der Waals surface area (Å²) in [7, 11) is 1.83. The van der Waals surface area contributed by atoms with Gasteiger partial charge in [0.2, 0.25) is 0 Å². The third-order valence-corrected chi connectivity index (χ3v) is 3.21. The van der Waals surface area contributed by atoms with Gasteiger partial charge in [-0.3, -0.25) is 4.79 Å². The van der Waals surface area contributed by atoms with Crippen molar-refractivity contribution in [2.45, 2.75) is 6.54 Å². The van der Waals surface area contributed by atoms with E-state index in [1.165, 1.54) is 0 Å². The molecular formula is C15H15N5O. The summed E-state index contributed by atoms with van der Waals surface area (Å²) < 4.78 is 0. The first-order valence-electron chi connectivity index (χ1n) is 6.61. The third-order valence-electron chi connectivity index (χ3n) is 3.21. The molecule has 6 nitrogen and oxygen atoms in total. The number of fused-ring (bicyclic) bond motifs is 1. The molecule has 1 amide bonds. The molecule has 0 atom stereocenters. The van der Waals surface area contributed by atoms with E-state index in [-0.39, 0.29) is 5.91 Å². The van der Waals surface area contributed by atoms with Gasteiger partial charge >= 0.3 is 0 Å². The molecule has 21 heavy (non-hydrogen) atoms. The molecule has 106 valence electrons. The van der Waals surface area contributed by atoms with Crippen molar-refractivity contribution < 1.29 is 4.79 Å². The van der Waals surface area contributed by atoms with Gasteiger partial charge < -0.3 is 15.6 Å². The van der Waals surface area contributed by atoms with E-state index >= 15 is 0 Å². The van der Waals surface area contributed by atoms with Crippen molar-refractivity contribution in [3.8, 4) is 0 Å². The Kier molecular flexibility index (Phi) is 3.51. The number of para-hydroxylation sites is 1. The zero-order chi connectivity index (χ0) is 14.7. The Morgan fingerprint density at radius 2 is 2.19 bits per heavy atom. The van der Waals surface area contributed by atoms with Crippen molar-refractivity contribution in [2.24, 2.45) is 0 Å². The lowest BCUT2D eigenvalue weighted by Gasteiger charge is -2.09. The molecule has 0 radical (unpaired) electrons. The maximum absolute atomic E-state index is 12.2. The number of nitrogens with one attached hydrogen (secondary N) is 3. The normalized spacial score (nSPS) is 10.5. The van der Waals surface area contributed by atoms with Crippen molar-refractivity contribution in [1.29, 1.82) is 0 Å². The predicted octanol–water partition coefficient (Wildman–Crippen LogP) is 1.93.